The molecule has 0 fully saturated rings. The van der Waals surface area contributed by atoms with Crippen LogP contribution in [0.4, 0.5) is 4.39 Å². The number of hydrogen-bond donors (Lipinski definition) is 1. The maximum absolute atomic E-state index is 13.6. The quantitative estimate of drug-likeness (QED) is 0.918. The monoisotopic (exact) mass is 259 g/mol. The third-order valence-electron chi connectivity index (χ3n) is 2.95. The number of hydrogen-bond acceptors (Lipinski definition) is 2. The van der Waals surface area contributed by atoms with Crippen molar-refractivity contribution in [3.63, 3.8) is 0 Å². The molecule has 0 saturated carbocycles. The summed E-state index contributed by atoms with van der Waals surface area (Å²) >= 11 is 0. The number of pyridine rings is 1. The fourth-order valence-corrected chi connectivity index (χ4v) is 1.96. The van der Waals surface area contributed by atoms with Crippen LogP contribution in [0.15, 0.2) is 42.5 Å². The van der Waals surface area contributed by atoms with Gasteiger partial charge in [0.15, 0.2) is 0 Å². The molecule has 1 N–H and O–H groups in total. The molecule has 1 atom stereocenters. The molecule has 0 aliphatic heterocycles. The lowest BCUT2D eigenvalue weighted by atomic mass is 9.95. The van der Waals surface area contributed by atoms with Gasteiger partial charge in [0, 0.05) is 5.69 Å². The molecule has 0 aliphatic carbocycles. The third kappa shape index (κ3) is 3.16. The molecule has 1 unspecified atom stereocenters. The van der Waals surface area contributed by atoms with Crippen LogP contribution in [0.5, 0.6) is 0 Å². The van der Waals surface area contributed by atoms with Gasteiger partial charge in [-0.15, -0.1) is 0 Å². The zero-order valence-electron chi connectivity index (χ0n) is 10.5. The van der Waals surface area contributed by atoms with Crippen LogP contribution in [0.2, 0.25) is 0 Å². The highest BCUT2D eigenvalue weighted by Gasteiger charge is 2.23. The predicted octanol–water partition coefficient (Wildman–Crippen LogP) is 2.94. The minimum absolute atomic E-state index is 0.0957. The predicted molar refractivity (Wildman–Crippen MR) is 69.5 cm³/mol. The van der Waals surface area contributed by atoms with Gasteiger partial charge in [-0.2, -0.15) is 0 Å². The molecule has 3 nitrogen and oxygen atoms in total. The van der Waals surface area contributed by atoms with Crippen molar-refractivity contribution in [2.45, 2.75) is 19.3 Å². The molecule has 1 aromatic carbocycles. The van der Waals surface area contributed by atoms with Gasteiger partial charge in [0.1, 0.15) is 11.7 Å². The summed E-state index contributed by atoms with van der Waals surface area (Å²) in [7, 11) is 0. The Morgan fingerprint density at radius 3 is 2.63 bits per heavy atom. The molecule has 0 saturated heterocycles. The summed E-state index contributed by atoms with van der Waals surface area (Å²) < 4.78 is 13.6. The van der Waals surface area contributed by atoms with Gasteiger partial charge >= 0.3 is 5.97 Å². The molecule has 0 bridgehead atoms. The summed E-state index contributed by atoms with van der Waals surface area (Å²) in [5, 5.41) is 9.31. The second-order valence-corrected chi connectivity index (χ2v) is 4.39. The highest BCUT2D eigenvalue weighted by atomic mass is 19.1. The van der Waals surface area contributed by atoms with E-state index in [0.717, 1.165) is 5.69 Å². The molecule has 2 rings (SSSR count). The van der Waals surface area contributed by atoms with E-state index in [0.29, 0.717) is 11.3 Å². The first-order valence-corrected chi connectivity index (χ1v) is 5.97. The van der Waals surface area contributed by atoms with Gasteiger partial charge < -0.3 is 5.11 Å². The molecule has 0 amide bonds. The van der Waals surface area contributed by atoms with Crippen molar-refractivity contribution in [1.82, 2.24) is 4.98 Å². The molecule has 0 spiro atoms. The fourth-order valence-electron chi connectivity index (χ4n) is 1.96. The van der Waals surface area contributed by atoms with E-state index in [4.69, 9.17) is 0 Å². The van der Waals surface area contributed by atoms with Gasteiger partial charge in [-0.3, -0.25) is 9.78 Å². The molecular formula is C15H14FNO2. The van der Waals surface area contributed by atoms with Gasteiger partial charge in [-0.25, -0.2) is 4.39 Å². The van der Waals surface area contributed by atoms with E-state index in [-0.39, 0.29) is 12.2 Å². The molecule has 2 aromatic rings. The minimum Gasteiger partial charge on any atom is -0.481 e. The van der Waals surface area contributed by atoms with Crippen LogP contribution < -0.4 is 0 Å². The van der Waals surface area contributed by atoms with Crippen LogP contribution in [-0.4, -0.2) is 16.1 Å². The van der Waals surface area contributed by atoms with Gasteiger partial charge in [0.05, 0.1) is 5.69 Å². The maximum atomic E-state index is 13.6. The van der Waals surface area contributed by atoms with Crippen molar-refractivity contribution >= 4 is 5.97 Å². The smallest absolute Gasteiger partial charge is 0.312 e. The van der Waals surface area contributed by atoms with E-state index in [1.54, 1.807) is 43.3 Å². The average Bonchev–Trinajstić information content (AvgIpc) is 2.37. The van der Waals surface area contributed by atoms with E-state index in [2.05, 4.69) is 4.98 Å². The van der Waals surface area contributed by atoms with Crippen molar-refractivity contribution < 1.29 is 14.3 Å². The number of carboxylic acids is 1. The topological polar surface area (TPSA) is 50.2 Å². The van der Waals surface area contributed by atoms with Crippen molar-refractivity contribution in [3.05, 3.63) is 65.2 Å². The third-order valence-corrected chi connectivity index (χ3v) is 2.95. The van der Waals surface area contributed by atoms with Gasteiger partial charge in [0.25, 0.3) is 0 Å². The zero-order valence-corrected chi connectivity index (χ0v) is 10.5. The number of aliphatic carboxylic acids is 1. The van der Waals surface area contributed by atoms with Crippen LogP contribution in [-0.2, 0) is 11.2 Å². The molecule has 0 radical (unpaired) electrons. The summed E-state index contributed by atoms with van der Waals surface area (Å²) in [6, 6.07) is 11.4. The van der Waals surface area contributed by atoms with Crippen molar-refractivity contribution in [3.8, 4) is 0 Å². The van der Waals surface area contributed by atoms with Crippen LogP contribution in [0, 0.1) is 12.7 Å². The van der Waals surface area contributed by atoms with Gasteiger partial charge in [-0.05, 0) is 37.1 Å². The summed E-state index contributed by atoms with van der Waals surface area (Å²) in [5.74, 6) is -2.22. The number of aryl methyl sites for hydroxylation is 1. The van der Waals surface area contributed by atoms with Crippen molar-refractivity contribution in [2.24, 2.45) is 0 Å². The Morgan fingerprint density at radius 1 is 1.26 bits per heavy atom. The number of halogens is 1. The van der Waals surface area contributed by atoms with Crippen molar-refractivity contribution in [2.75, 3.05) is 0 Å². The number of aromatic nitrogens is 1. The van der Waals surface area contributed by atoms with E-state index in [1.807, 2.05) is 0 Å². The van der Waals surface area contributed by atoms with Gasteiger partial charge in [0.2, 0.25) is 0 Å². The summed E-state index contributed by atoms with van der Waals surface area (Å²) in [6.45, 7) is 1.80. The maximum Gasteiger partial charge on any atom is 0.312 e. The molecule has 98 valence electrons. The van der Waals surface area contributed by atoms with E-state index in [1.165, 1.54) is 6.07 Å². The van der Waals surface area contributed by atoms with Crippen molar-refractivity contribution in [1.29, 1.82) is 0 Å². The summed E-state index contributed by atoms with van der Waals surface area (Å²) in [6.07, 6.45) is 0.0957. The number of carbonyl (C=O) groups is 1. The molecule has 0 aliphatic rings. The largest absolute Gasteiger partial charge is 0.481 e. The summed E-state index contributed by atoms with van der Waals surface area (Å²) in [5.41, 5.74) is 1.59. The Bertz CT molecular complexity index is 598. The number of nitrogens with zero attached hydrogens (tertiary/aromatic N) is 1. The Morgan fingerprint density at radius 2 is 2.00 bits per heavy atom. The summed E-state index contributed by atoms with van der Waals surface area (Å²) in [4.78, 5) is 15.6. The SMILES string of the molecule is Cc1cccc(C(Cc2ccccc2F)C(=O)O)n1. The lowest BCUT2D eigenvalue weighted by Gasteiger charge is -2.13. The standard InChI is InChI=1S/C15H14FNO2/c1-10-5-4-8-14(17-10)12(15(18)19)9-11-6-2-3-7-13(11)16/h2-8,12H,9H2,1H3,(H,18,19). The fraction of sp³-hybridized carbons (Fsp3) is 0.200. The lowest BCUT2D eigenvalue weighted by Crippen LogP contribution is -2.16. The highest BCUT2D eigenvalue weighted by molar-refractivity contribution is 5.75. The second kappa shape index (κ2) is 5.61. The highest BCUT2D eigenvalue weighted by Crippen LogP contribution is 2.21. The second-order valence-electron chi connectivity index (χ2n) is 4.39. The Hall–Kier alpha value is -2.23. The Kier molecular flexibility index (Phi) is 3.90. The number of benzene rings is 1. The minimum atomic E-state index is -0.999. The van der Waals surface area contributed by atoms with Crippen LogP contribution in [0.25, 0.3) is 0 Å². The molecule has 19 heavy (non-hydrogen) atoms. The van der Waals surface area contributed by atoms with E-state index >= 15 is 0 Å². The van der Waals surface area contributed by atoms with Crippen LogP contribution >= 0.6 is 0 Å². The first-order chi connectivity index (χ1) is 9.08. The van der Waals surface area contributed by atoms with Crippen LogP contribution in [0.3, 0.4) is 0 Å². The Labute approximate surface area is 110 Å². The zero-order chi connectivity index (χ0) is 13.8. The van der Waals surface area contributed by atoms with E-state index in [9.17, 15) is 14.3 Å². The first kappa shape index (κ1) is 13.2. The number of carboxylic acid groups (broad SMARTS) is 1. The lowest BCUT2D eigenvalue weighted by molar-refractivity contribution is -0.138. The molecule has 4 heteroatoms. The Balaban J connectivity index is 2.32. The first-order valence-electron chi connectivity index (χ1n) is 5.97. The van der Waals surface area contributed by atoms with Crippen LogP contribution in [0.1, 0.15) is 22.9 Å². The normalized spacial score (nSPS) is 12.1. The van der Waals surface area contributed by atoms with E-state index < -0.39 is 11.9 Å². The number of rotatable bonds is 4. The molecule has 1 aromatic heterocycles. The van der Waals surface area contributed by atoms with Gasteiger partial charge in [-0.1, -0.05) is 24.3 Å². The molecular weight excluding hydrogens is 245 g/mol. The average molecular weight is 259 g/mol. The molecule has 1 heterocycles.